The number of aryl methyl sites for hydroxylation is 1. The maximum absolute atomic E-state index is 11.1. The lowest BCUT2D eigenvalue weighted by Crippen LogP contribution is -2.18. The van der Waals surface area contributed by atoms with Crippen LogP contribution in [0.25, 0.3) is 0 Å². The highest BCUT2D eigenvalue weighted by Crippen LogP contribution is 2.49. The Morgan fingerprint density at radius 2 is 2.07 bits per heavy atom. The van der Waals surface area contributed by atoms with Crippen molar-refractivity contribution in [3.8, 4) is 0 Å². The number of carbonyl (C=O) groups is 1. The third-order valence-corrected chi connectivity index (χ3v) is 3.55. The molecule has 0 saturated heterocycles. The van der Waals surface area contributed by atoms with E-state index in [1.54, 1.807) is 0 Å². The van der Waals surface area contributed by atoms with Gasteiger partial charge in [-0.25, -0.2) is 0 Å². The summed E-state index contributed by atoms with van der Waals surface area (Å²) in [5.74, 6) is -0.636. The van der Waals surface area contributed by atoms with Gasteiger partial charge in [-0.3, -0.25) is 4.79 Å². The van der Waals surface area contributed by atoms with E-state index in [1.807, 2.05) is 12.1 Å². The van der Waals surface area contributed by atoms with Crippen molar-refractivity contribution in [2.45, 2.75) is 33.1 Å². The molecule has 0 unspecified atom stereocenters. The summed E-state index contributed by atoms with van der Waals surface area (Å²) in [4.78, 5) is 11.1. The molecule has 1 aromatic rings. The van der Waals surface area contributed by atoms with Crippen LogP contribution in [0.3, 0.4) is 0 Å². The predicted molar refractivity (Wildman–Crippen MR) is 58.9 cm³/mol. The molecule has 1 fully saturated rings. The molecule has 0 aromatic heterocycles. The van der Waals surface area contributed by atoms with Crippen molar-refractivity contribution in [3.63, 3.8) is 0 Å². The van der Waals surface area contributed by atoms with Gasteiger partial charge in [-0.1, -0.05) is 18.2 Å². The van der Waals surface area contributed by atoms with Crippen molar-refractivity contribution >= 4 is 5.97 Å². The van der Waals surface area contributed by atoms with Crippen molar-refractivity contribution in [2.24, 2.45) is 5.41 Å². The largest absolute Gasteiger partial charge is 0.481 e. The number of rotatable bonds is 3. The summed E-state index contributed by atoms with van der Waals surface area (Å²) in [5, 5.41) is 9.13. The number of hydrogen-bond acceptors (Lipinski definition) is 1. The van der Waals surface area contributed by atoms with Crippen LogP contribution in [0, 0.1) is 19.3 Å². The van der Waals surface area contributed by atoms with E-state index in [0.29, 0.717) is 6.42 Å². The van der Waals surface area contributed by atoms with Crippen molar-refractivity contribution < 1.29 is 9.90 Å². The zero-order valence-electron chi connectivity index (χ0n) is 9.21. The van der Waals surface area contributed by atoms with Crippen LogP contribution >= 0.6 is 0 Å². The zero-order valence-corrected chi connectivity index (χ0v) is 9.21. The van der Waals surface area contributed by atoms with Gasteiger partial charge in [0.15, 0.2) is 0 Å². The van der Waals surface area contributed by atoms with E-state index in [-0.39, 0.29) is 0 Å². The van der Waals surface area contributed by atoms with Gasteiger partial charge >= 0.3 is 5.97 Å². The van der Waals surface area contributed by atoms with E-state index in [4.69, 9.17) is 5.11 Å². The Morgan fingerprint density at radius 1 is 1.40 bits per heavy atom. The van der Waals surface area contributed by atoms with Crippen LogP contribution in [-0.2, 0) is 11.2 Å². The van der Waals surface area contributed by atoms with Crippen LogP contribution in [0.2, 0.25) is 0 Å². The molecule has 2 rings (SSSR count). The monoisotopic (exact) mass is 204 g/mol. The first-order valence-corrected chi connectivity index (χ1v) is 5.34. The minimum absolute atomic E-state index is 0.446. The number of carboxylic acids is 1. The molecule has 15 heavy (non-hydrogen) atoms. The summed E-state index contributed by atoms with van der Waals surface area (Å²) >= 11 is 0. The molecule has 0 amide bonds. The molecule has 0 aliphatic heterocycles. The molecule has 1 saturated carbocycles. The molecule has 1 aliphatic carbocycles. The molecule has 0 spiro atoms. The van der Waals surface area contributed by atoms with E-state index < -0.39 is 11.4 Å². The molecule has 1 aromatic carbocycles. The maximum Gasteiger partial charge on any atom is 0.309 e. The summed E-state index contributed by atoms with van der Waals surface area (Å²) in [6.45, 7) is 4.14. The fourth-order valence-corrected chi connectivity index (χ4v) is 1.99. The Morgan fingerprint density at radius 3 is 2.60 bits per heavy atom. The van der Waals surface area contributed by atoms with E-state index in [2.05, 4.69) is 19.9 Å². The molecular weight excluding hydrogens is 188 g/mol. The quantitative estimate of drug-likeness (QED) is 0.822. The molecule has 2 heteroatoms. The van der Waals surface area contributed by atoms with Gasteiger partial charge in [-0.2, -0.15) is 0 Å². The van der Waals surface area contributed by atoms with Crippen LogP contribution in [-0.4, -0.2) is 11.1 Å². The standard InChI is InChI=1S/C13H16O2/c1-9-4-3-5-11(10(9)2)8-13(6-7-13)12(14)15/h3-5H,6-8H2,1-2H3,(H,14,15). The maximum atomic E-state index is 11.1. The summed E-state index contributed by atoms with van der Waals surface area (Å²) in [6, 6.07) is 6.13. The van der Waals surface area contributed by atoms with E-state index >= 15 is 0 Å². The Hall–Kier alpha value is -1.31. The Bertz CT molecular complexity index is 403. The summed E-state index contributed by atoms with van der Waals surface area (Å²) < 4.78 is 0. The van der Waals surface area contributed by atoms with E-state index in [9.17, 15) is 4.79 Å². The highest BCUT2D eigenvalue weighted by Gasteiger charge is 2.50. The van der Waals surface area contributed by atoms with Crippen molar-refractivity contribution in [2.75, 3.05) is 0 Å². The van der Waals surface area contributed by atoms with Crippen LogP contribution in [0.15, 0.2) is 18.2 Å². The van der Waals surface area contributed by atoms with Gasteiger partial charge < -0.3 is 5.11 Å². The number of carboxylic acid groups (broad SMARTS) is 1. The Kier molecular flexibility index (Phi) is 2.29. The van der Waals surface area contributed by atoms with Gasteiger partial charge in [0.25, 0.3) is 0 Å². The molecule has 1 aliphatic rings. The summed E-state index contributed by atoms with van der Waals surface area (Å²) in [7, 11) is 0. The molecule has 2 nitrogen and oxygen atoms in total. The van der Waals surface area contributed by atoms with Gasteiger partial charge in [-0.05, 0) is 49.8 Å². The highest BCUT2D eigenvalue weighted by atomic mass is 16.4. The lowest BCUT2D eigenvalue weighted by molar-refractivity contribution is -0.143. The molecule has 1 N–H and O–H groups in total. The van der Waals surface area contributed by atoms with Crippen molar-refractivity contribution in [3.05, 3.63) is 34.9 Å². The fraction of sp³-hybridized carbons (Fsp3) is 0.462. The first kappa shape index (κ1) is 10.2. The minimum Gasteiger partial charge on any atom is -0.481 e. The van der Waals surface area contributed by atoms with E-state index in [0.717, 1.165) is 12.8 Å². The normalized spacial score (nSPS) is 17.5. The fourth-order valence-electron chi connectivity index (χ4n) is 1.99. The third kappa shape index (κ3) is 1.76. The molecule has 80 valence electrons. The van der Waals surface area contributed by atoms with Gasteiger partial charge in [0.1, 0.15) is 0 Å². The summed E-state index contributed by atoms with van der Waals surface area (Å²) in [5.41, 5.74) is 3.23. The highest BCUT2D eigenvalue weighted by molar-refractivity contribution is 5.78. The molecule has 0 radical (unpaired) electrons. The molecule has 0 atom stereocenters. The number of hydrogen-bond donors (Lipinski definition) is 1. The van der Waals surface area contributed by atoms with Crippen molar-refractivity contribution in [1.82, 2.24) is 0 Å². The molecular formula is C13H16O2. The lowest BCUT2D eigenvalue weighted by atomic mass is 9.92. The second-order valence-electron chi connectivity index (χ2n) is 4.62. The first-order valence-electron chi connectivity index (χ1n) is 5.34. The topological polar surface area (TPSA) is 37.3 Å². The third-order valence-electron chi connectivity index (χ3n) is 3.55. The van der Waals surface area contributed by atoms with Crippen LogP contribution in [0.4, 0.5) is 0 Å². The SMILES string of the molecule is Cc1cccc(CC2(C(=O)O)CC2)c1C. The number of aliphatic carboxylic acids is 1. The second-order valence-corrected chi connectivity index (χ2v) is 4.62. The Labute approximate surface area is 89.9 Å². The zero-order chi connectivity index (χ0) is 11.1. The molecule has 0 bridgehead atoms. The Balaban J connectivity index is 2.25. The summed E-state index contributed by atoms with van der Waals surface area (Å²) in [6.07, 6.45) is 2.35. The van der Waals surface area contributed by atoms with E-state index in [1.165, 1.54) is 16.7 Å². The molecule has 0 heterocycles. The first-order chi connectivity index (χ1) is 7.05. The van der Waals surface area contributed by atoms with Crippen LogP contribution in [0.1, 0.15) is 29.5 Å². The van der Waals surface area contributed by atoms with Gasteiger partial charge in [0.2, 0.25) is 0 Å². The van der Waals surface area contributed by atoms with Crippen molar-refractivity contribution in [1.29, 1.82) is 0 Å². The second kappa shape index (κ2) is 3.37. The van der Waals surface area contributed by atoms with Crippen LogP contribution in [0.5, 0.6) is 0 Å². The smallest absolute Gasteiger partial charge is 0.309 e. The van der Waals surface area contributed by atoms with Gasteiger partial charge in [0, 0.05) is 0 Å². The predicted octanol–water partition coefficient (Wildman–Crippen LogP) is 2.71. The average Bonchev–Trinajstić information content (AvgIpc) is 2.94. The minimum atomic E-state index is -0.636. The van der Waals surface area contributed by atoms with Gasteiger partial charge in [-0.15, -0.1) is 0 Å². The van der Waals surface area contributed by atoms with Crippen LogP contribution < -0.4 is 0 Å². The van der Waals surface area contributed by atoms with Gasteiger partial charge in [0.05, 0.1) is 5.41 Å². The average molecular weight is 204 g/mol. The lowest BCUT2D eigenvalue weighted by Gasteiger charge is -2.13. The number of benzene rings is 1.